The maximum Gasteiger partial charge on any atom is 0.339 e. The number of phenols is 2. The molecular formula is C17H16N2O8. The topological polar surface area (TPSA) is 154 Å². The van der Waals surface area contributed by atoms with Crippen LogP contribution in [0.4, 0.5) is 11.4 Å². The second-order valence-corrected chi connectivity index (χ2v) is 5.15. The number of anilines is 2. The van der Waals surface area contributed by atoms with Crippen LogP contribution in [0.1, 0.15) is 10.4 Å². The van der Waals surface area contributed by atoms with E-state index in [0.29, 0.717) is 5.69 Å². The zero-order valence-corrected chi connectivity index (χ0v) is 13.8. The number of aromatic carboxylic acids is 1. The lowest BCUT2D eigenvalue weighted by molar-refractivity contribution is -0.121. The van der Waals surface area contributed by atoms with Gasteiger partial charge in [-0.2, -0.15) is 0 Å². The minimum atomic E-state index is -1.28. The lowest BCUT2D eigenvalue weighted by Crippen LogP contribution is -2.20. The van der Waals surface area contributed by atoms with Gasteiger partial charge >= 0.3 is 5.97 Å². The molecule has 0 atom stereocenters. The molecule has 0 radical (unpaired) electrons. The van der Waals surface area contributed by atoms with E-state index in [2.05, 4.69) is 15.4 Å². The third kappa shape index (κ3) is 5.61. The van der Waals surface area contributed by atoms with Crippen molar-refractivity contribution in [2.45, 2.75) is 0 Å². The number of carboxylic acid groups (broad SMARTS) is 1. The summed E-state index contributed by atoms with van der Waals surface area (Å²) in [6.07, 6.45) is 0. The number of nitrogens with one attached hydrogen (secondary N) is 2. The van der Waals surface area contributed by atoms with Crippen molar-refractivity contribution in [3.63, 3.8) is 0 Å². The molecule has 10 heteroatoms. The molecule has 2 rings (SSSR count). The number of phenolic OH excluding ortho intramolecular Hbond substituents is 1. The molecule has 2 aromatic rings. The fourth-order valence-electron chi connectivity index (χ4n) is 2.04. The van der Waals surface area contributed by atoms with E-state index in [9.17, 15) is 24.6 Å². The molecule has 0 aliphatic rings. The van der Waals surface area contributed by atoms with Crippen LogP contribution in [0.3, 0.4) is 0 Å². The highest BCUT2D eigenvalue weighted by atomic mass is 16.5. The standard InChI is InChI=1S/C17H16N2O8/c20-9-27-15-4-2-10(5-14(15)22)18-8-26-7-16(23)19-11-1-3-12(17(24)25)13(21)6-11/h1-6,9,18,21-22H,7-8H2,(H,19,23)(H,24,25). The summed E-state index contributed by atoms with van der Waals surface area (Å²) < 4.78 is 9.67. The Morgan fingerprint density at radius 3 is 2.37 bits per heavy atom. The molecule has 142 valence electrons. The van der Waals surface area contributed by atoms with Crippen molar-refractivity contribution in [2.75, 3.05) is 24.0 Å². The monoisotopic (exact) mass is 376 g/mol. The van der Waals surface area contributed by atoms with Gasteiger partial charge in [-0.05, 0) is 24.3 Å². The third-order valence-corrected chi connectivity index (χ3v) is 3.26. The summed E-state index contributed by atoms with van der Waals surface area (Å²) in [5.74, 6) is -2.50. The molecule has 2 aromatic carbocycles. The van der Waals surface area contributed by atoms with Crippen LogP contribution < -0.4 is 15.4 Å². The Hall–Kier alpha value is -3.79. The van der Waals surface area contributed by atoms with E-state index in [1.807, 2.05) is 0 Å². The number of hydrogen-bond acceptors (Lipinski definition) is 8. The predicted octanol–water partition coefficient (Wildman–Crippen LogP) is 1.36. The van der Waals surface area contributed by atoms with Gasteiger partial charge in [-0.1, -0.05) is 0 Å². The number of hydrogen-bond donors (Lipinski definition) is 5. The Bertz CT molecular complexity index is 853. The van der Waals surface area contributed by atoms with Gasteiger partial charge in [-0.15, -0.1) is 0 Å². The van der Waals surface area contributed by atoms with Crippen LogP contribution in [0.15, 0.2) is 36.4 Å². The maximum atomic E-state index is 11.8. The minimum Gasteiger partial charge on any atom is -0.507 e. The second kappa shape index (κ2) is 9.06. The van der Waals surface area contributed by atoms with E-state index in [0.717, 1.165) is 6.07 Å². The second-order valence-electron chi connectivity index (χ2n) is 5.15. The molecule has 0 saturated heterocycles. The summed E-state index contributed by atoms with van der Waals surface area (Å²) in [6, 6.07) is 7.85. The maximum absolute atomic E-state index is 11.8. The van der Waals surface area contributed by atoms with Crippen molar-refractivity contribution < 1.29 is 39.2 Å². The van der Waals surface area contributed by atoms with Crippen LogP contribution >= 0.6 is 0 Å². The first-order valence-electron chi connectivity index (χ1n) is 7.52. The lowest BCUT2D eigenvalue weighted by Gasteiger charge is -2.10. The zero-order chi connectivity index (χ0) is 19.8. The molecule has 0 unspecified atom stereocenters. The highest BCUT2D eigenvalue weighted by Crippen LogP contribution is 2.28. The number of carbonyl (C=O) groups excluding carboxylic acids is 2. The van der Waals surface area contributed by atoms with Gasteiger partial charge in [0.05, 0.1) is 0 Å². The lowest BCUT2D eigenvalue weighted by atomic mass is 10.2. The number of carboxylic acids is 1. The molecule has 0 aliphatic heterocycles. The highest BCUT2D eigenvalue weighted by Gasteiger charge is 2.11. The minimum absolute atomic E-state index is 0.00742. The number of carbonyl (C=O) groups is 3. The highest BCUT2D eigenvalue weighted by molar-refractivity contribution is 5.94. The van der Waals surface area contributed by atoms with Crippen LogP contribution in [0.25, 0.3) is 0 Å². The van der Waals surface area contributed by atoms with Gasteiger partial charge in [0.25, 0.3) is 6.47 Å². The summed E-state index contributed by atoms with van der Waals surface area (Å²) in [5, 5.41) is 33.2. The van der Waals surface area contributed by atoms with Crippen molar-refractivity contribution in [1.29, 1.82) is 0 Å². The van der Waals surface area contributed by atoms with Crippen molar-refractivity contribution >= 4 is 29.7 Å². The summed E-state index contributed by atoms with van der Waals surface area (Å²) >= 11 is 0. The molecule has 5 N–H and O–H groups in total. The first-order valence-corrected chi connectivity index (χ1v) is 7.52. The number of ether oxygens (including phenoxy) is 2. The predicted molar refractivity (Wildman–Crippen MR) is 92.9 cm³/mol. The first-order chi connectivity index (χ1) is 12.9. The van der Waals surface area contributed by atoms with Gasteiger partial charge in [0.2, 0.25) is 5.91 Å². The Kier molecular flexibility index (Phi) is 6.55. The smallest absolute Gasteiger partial charge is 0.339 e. The summed E-state index contributed by atoms with van der Waals surface area (Å²) in [6.45, 7) is -0.171. The summed E-state index contributed by atoms with van der Waals surface area (Å²) in [5.41, 5.74) is 0.413. The Labute approximate surface area is 153 Å². The van der Waals surface area contributed by atoms with Gasteiger partial charge in [0.15, 0.2) is 11.5 Å². The number of rotatable bonds is 9. The molecule has 0 fully saturated rings. The molecule has 0 aliphatic carbocycles. The first kappa shape index (κ1) is 19.5. The average molecular weight is 376 g/mol. The van der Waals surface area contributed by atoms with Crippen LogP contribution in [0, 0.1) is 0 Å². The van der Waals surface area contributed by atoms with Crippen molar-refractivity contribution in [3.05, 3.63) is 42.0 Å². The van der Waals surface area contributed by atoms with Gasteiger partial charge in [-0.25, -0.2) is 4.79 Å². The van der Waals surface area contributed by atoms with Crippen molar-refractivity contribution in [3.8, 4) is 17.2 Å². The van der Waals surface area contributed by atoms with Gasteiger partial charge in [0, 0.05) is 23.5 Å². The van der Waals surface area contributed by atoms with E-state index in [4.69, 9.17) is 9.84 Å². The molecular weight excluding hydrogens is 360 g/mol. The summed E-state index contributed by atoms with van der Waals surface area (Å²) in [7, 11) is 0. The van der Waals surface area contributed by atoms with Gasteiger partial charge < -0.3 is 35.4 Å². The molecule has 10 nitrogen and oxygen atoms in total. The Balaban J connectivity index is 1.78. The van der Waals surface area contributed by atoms with Crippen LogP contribution in [0.5, 0.6) is 17.2 Å². The number of amides is 1. The fraction of sp³-hybridized carbons (Fsp3) is 0.118. The number of aromatic hydroxyl groups is 2. The van der Waals surface area contributed by atoms with E-state index in [1.54, 1.807) is 0 Å². The SMILES string of the molecule is O=COc1ccc(NCOCC(=O)Nc2ccc(C(=O)O)c(O)c2)cc1O. The van der Waals surface area contributed by atoms with E-state index in [1.165, 1.54) is 30.3 Å². The third-order valence-electron chi connectivity index (χ3n) is 3.26. The number of benzene rings is 2. The Morgan fingerprint density at radius 1 is 1.04 bits per heavy atom. The van der Waals surface area contributed by atoms with Gasteiger partial charge in [0.1, 0.15) is 24.7 Å². The van der Waals surface area contributed by atoms with E-state index in [-0.39, 0.29) is 42.6 Å². The zero-order valence-electron chi connectivity index (χ0n) is 13.8. The molecule has 27 heavy (non-hydrogen) atoms. The quantitative estimate of drug-likeness (QED) is 0.248. The van der Waals surface area contributed by atoms with E-state index < -0.39 is 17.6 Å². The molecule has 1 amide bonds. The van der Waals surface area contributed by atoms with Gasteiger partial charge in [-0.3, -0.25) is 9.59 Å². The van der Waals surface area contributed by atoms with Crippen LogP contribution in [0.2, 0.25) is 0 Å². The van der Waals surface area contributed by atoms with Crippen LogP contribution in [-0.4, -0.2) is 47.0 Å². The van der Waals surface area contributed by atoms with E-state index >= 15 is 0 Å². The fourth-order valence-corrected chi connectivity index (χ4v) is 2.04. The largest absolute Gasteiger partial charge is 0.507 e. The van der Waals surface area contributed by atoms with Crippen LogP contribution in [-0.2, 0) is 14.3 Å². The molecule has 0 bridgehead atoms. The normalized spacial score (nSPS) is 10.1. The summed E-state index contributed by atoms with van der Waals surface area (Å²) in [4.78, 5) is 32.8. The molecule has 0 spiro atoms. The molecule has 0 saturated carbocycles. The molecule has 0 heterocycles. The van der Waals surface area contributed by atoms with Crippen molar-refractivity contribution in [2.24, 2.45) is 0 Å². The average Bonchev–Trinajstić information content (AvgIpc) is 2.61. The Morgan fingerprint density at radius 2 is 1.74 bits per heavy atom. The van der Waals surface area contributed by atoms with Crippen molar-refractivity contribution in [1.82, 2.24) is 0 Å². The molecule has 0 aromatic heterocycles.